The number of aryl methyl sites for hydroxylation is 1. The lowest BCUT2D eigenvalue weighted by molar-refractivity contribution is 0.145. The molecule has 1 aromatic heterocycles. The summed E-state index contributed by atoms with van der Waals surface area (Å²) in [7, 11) is 1.94. The summed E-state index contributed by atoms with van der Waals surface area (Å²) in [6, 6.07) is 9.33. The van der Waals surface area contributed by atoms with Crippen molar-refractivity contribution in [3.05, 3.63) is 47.8 Å². The highest BCUT2D eigenvalue weighted by atomic mass is 16.3. The van der Waals surface area contributed by atoms with Crippen molar-refractivity contribution in [1.82, 2.24) is 15.1 Å². The molecule has 130 valence electrons. The fraction of sp³-hybridized carbons (Fsp3) is 0.526. The van der Waals surface area contributed by atoms with Crippen LogP contribution in [0.2, 0.25) is 0 Å². The van der Waals surface area contributed by atoms with Gasteiger partial charge in [-0.25, -0.2) is 0 Å². The van der Waals surface area contributed by atoms with E-state index in [1.807, 2.05) is 17.9 Å². The summed E-state index contributed by atoms with van der Waals surface area (Å²) in [6.45, 7) is 6.23. The van der Waals surface area contributed by atoms with Crippen LogP contribution in [0.15, 0.2) is 36.7 Å². The van der Waals surface area contributed by atoms with Crippen molar-refractivity contribution in [2.45, 2.75) is 44.9 Å². The number of rotatable bonds is 5. The zero-order valence-electron chi connectivity index (χ0n) is 14.8. The zero-order chi connectivity index (χ0) is 17.1. The number of hydrogen-bond acceptors (Lipinski definition) is 4. The highest BCUT2D eigenvalue weighted by molar-refractivity contribution is 5.48. The number of benzene rings is 1. The largest absolute Gasteiger partial charge is 0.393 e. The molecule has 1 saturated heterocycles. The van der Waals surface area contributed by atoms with Crippen molar-refractivity contribution >= 4 is 5.69 Å². The van der Waals surface area contributed by atoms with Gasteiger partial charge in [-0.1, -0.05) is 12.1 Å². The first-order chi connectivity index (χ1) is 11.5. The molecule has 0 bridgehead atoms. The van der Waals surface area contributed by atoms with Gasteiger partial charge in [-0.3, -0.25) is 4.68 Å². The van der Waals surface area contributed by atoms with Crippen molar-refractivity contribution < 1.29 is 5.11 Å². The monoisotopic (exact) mass is 328 g/mol. The Bertz CT molecular complexity index is 644. The zero-order valence-corrected chi connectivity index (χ0v) is 14.8. The third kappa shape index (κ3) is 3.97. The molecular weight excluding hydrogens is 300 g/mol. The topological polar surface area (TPSA) is 53.3 Å². The van der Waals surface area contributed by atoms with E-state index in [2.05, 4.69) is 59.6 Å². The summed E-state index contributed by atoms with van der Waals surface area (Å²) in [6.07, 6.45) is 5.57. The molecule has 0 radical (unpaired) electrons. The molecule has 1 aliphatic rings. The average Bonchev–Trinajstić information content (AvgIpc) is 3.02. The first-order valence-electron chi connectivity index (χ1n) is 8.80. The van der Waals surface area contributed by atoms with E-state index in [9.17, 15) is 5.11 Å². The van der Waals surface area contributed by atoms with Crippen LogP contribution >= 0.6 is 0 Å². The minimum absolute atomic E-state index is 0.126. The van der Waals surface area contributed by atoms with Gasteiger partial charge in [-0.05, 0) is 44.4 Å². The van der Waals surface area contributed by atoms with Crippen LogP contribution in [-0.4, -0.2) is 34.1 Å². The smallest absolute Gasteiger partial charge is 0.0574 e. The van der Waals surface area contributed by atoms with E-state index < -0.39 is 0 Å². The maximum atomic E-state index is 9.63. The second-order valence-corrected chi connectivity index (χ2v) is 6.87. The normalized spacial score (nSPS) is 18.6. The average molecular weight is 328 g/mol. The quantitative estimate of drug-likeness (QED) is 0.886. The molecule has 1 aromatic carbocycles. The molecular formula is C19H28N4O. The fourth-order valence-electron chi connectivity index (χ4n) is 3.33. The van der Waals surface area contributed by atoms with Gasteiger partial charge in [0.25, 0.3) is 0 Å². The molecule has 5 heteroatoms. The van der Waals surface area contributed by atoms with E-state index in [1.165, 1.54) is 16.8 Å². The third-order valence-electron chi connectivity index (χ3n) is 4.95. The van der Waals surface area contributed by atoms with Crippen LogP contribution in [-0.2, 0) is 7.05 Å². The van der Waals surface area contributed by atoms with Crippen LogP contribution in [0, 0.1) is 0 Å². The van der Waals surface area contributed by atoms with Crippen molar-refractivity contribution in [1.29, 1.82) is 0 Å². The molecule has 1 fully saturated rings. The molecule has 2 heterocycles. The van der Waals surface area contributed by atoms with Gasteiger partial charge in [-0.2, -0.15) is 5.10 Å². The number of aliphatic hydroxyl groups excluding tert-OH is 1. The number of nitrogens with zero attached hydrogens (tertiary/aromatic N) is 3. The van der Waals surface area contributed by atoms with Crippen LogP contribution in [0.4, 0.5) is 5.69 Å². The van der Waals surface area contributed by atoms with E-state index in [0.717, 1.165) is 25.9 Å². The van der Waals surface area contributed by atoms with E-state index in [4.69, 9.17) is 0 Å². The van der Waals surface area contributed by atoms with Crippen molar-refractivity contribution in [3.63, 3.8) is 0 Å². The molecule has 3 rings (SSSR count). The molecule has 0 amide bonds. The maximum Gasteiger partial charge on any atom is 0.0574 e. The van der Waals surface area contributed by atoms with Gasteiger partial charge in [0.05, 0.1) is 12.3 Å². The van der Waals surface area contributed by atoms with E-state index in [1.54, 1.807) is 0 Å². The molecule has 5 nitrogen and oxygen atoms in total. The predicted octanol–water partition coefficient (Wildman–Crippen LogP) is 2.79. The molecule has 0 aliphatic carbocycles. The van der Waals surface area contributed by atoms with Gasteiger partial charge >= 0.3 is 0 Å². The minimum Gasteiger partial charge on any atom is -0.393 e. The first-order valence-corrected chi connectivity index (χ1v) is 8.80. The van der Waals surface area contributed by atoms with Crippen LogP contribution in [0.25, 0.3) is 0 Å². The highest BCUT2D eigenvalue weighted by Gasteiger charge is 2.18. The lowest BCUT2D eigenvalue weighted by Crippen LogP contribution is -2.35. The Morgan fingerprint density at radius 3 is 2.29 bits per heavy atom. The first kappa shape index (κ1) is 17.0. The molecule has 2 N–H and O–H groups in total. The Kier molecular flexibility index (Phi) is 5.21. The Hall–Kier alpha value is -1.85. The van der Waals surface area contributed by atoms with E-state index in [-0.39, 0.29) is 18.2 Å². The molecule has 2 atom stereocenters. The number of piperidine rings is 1. The number of hydrogen-bond donors (Lipinski definition) is 2. The summed E-state index contributed by atoms with van der Waals surface area (Å²) >= 11 is 0. The summed E-state index contributed by atoms with van der Waals surface area (Å²) in [5.41, 5.74) is 3.73. The van der Waals surface area contributed by atoms with Gasteiger partial charge in [0.1, 0.15) is 0 Å². The van der Waals surface area contributed by atoms with Crippen molar-refractivity contribution in [2.75, 3.05) is 18.0 Å². The van der Waals surface area contributed by atoms with Gasteiger partial charge in [0.2, 0.25) is 0 Å². The van der Waals surface area contributed by atoms with Crippen molar-refractivity contribution in [3.8, 4) is 0 Å². The Morgan fingerprint density at radius 1 is 1.08 bits per heavy atom. The molecule has 2 aromatic rings. The number of aromatic nitrogens is 2. The standard InChI is InChI=1S/C19H28N4O/c1-14(21-15(2)17-12-20-22(3)13-17)16-4-6-18(7-5-16)23-10-8-19(24)9-11-23/h4-7,12-15,19,21,24H,8-11H2,1-3H3. The van der Waals surface area contributed by atoms with Crippen LogP contribution in [0.5, 0.6) is 0 Å². The summed E-state index contributed by atoms with van der Waals surface area (Å²) in [5, 5.41) is 17.5. The number of anilines is 1. The van der Waals surface area contributed by atoms with Crippen LogP contribution in [0.1, 0.15) is 49.9 Å². The lowest BCUT2D eigenvalue weighted by atomic mass is 10.0. The van der Waals surface area contributed by atoms with Crippen LogP contribution < -0.4 is 10.2 Å². The third-order valence-corrected chi connectivity index (χ3v) is 4.95. The summed E-state index contributed by atoms with van der Waals surface area (Å²) < 4.78 is 1.84. The molecule has 0 spiro atoms. The van der Waals surface area contributed by atoms with E-state index >= 15 is 0 Å². The molecule has 24 heavy (non-hydrogen) atoms. The van der Waals surface area contributed by atoms with Crippen LogP contribution in [0.3, 0.4) is 0 Å². The predicted molar refractivity (Wildman–Crippen MR) is 97.1 cm³/mol. The SMILES string of the molecule is CC(NC(C)c1cnn(C)c1)c1ccc(N2CCC(O)CC2)cc1. The Labute approximate surface area is 144 Å². The second-order valence-electron chi connectivity index (χ2n) is 6.87. The highest BCUT2D eigenvalue weighted by Crippen LogP contribution is 2.24. The van der Waals surface area contributed by atoms with Crippen molar-refractivity contribution in [2.24, 2.45) is 7.05 Å². The molecule has 1 aliphatic heterocycles. The van der Waals surface area contributed by atoms with Gasteiger partial charge in [0.15, 0.2) is 0 Å². The summed E-state index contributed by atoms with van der Waals surface area (Å²) in [4.78, 5) is 2.35. The number of nitrogens with one attached hydrogen (secondary N) is 1. The van der Waals surface area contributed by atoms with Gasteiger partial charge in [-0.15, -0.1) is 0 Å². The second kappa shape index (κ2) is 7.36. The Morgan fingerprint density at radius 2 is 1.71 bits per heavy atom. The van der Waals surface area contributed by atoms with Gasteiger partial charge < -0.3 is 15.3 Å². The Balaban J connectivity index is 1.60. The van der Waals surface area contributed by atoms with E-state index in [0.29, 0.717) is 0 Å². The summed E-state index contributed by atoms with van der Waals surface area (Å²) in [5.74, 6) is 0. The lowest BCUT2D eigenvalue weighted by Gasteiger charge is -2.31. The molecule has 2 unspecified atom stereocenters. The minimum atomic E-state index is -0.126. The molecule has 0 saturated carbocycles. The maximum absolute atomic E-state index is 9.63. The van der Waals surface area contributed by atoms with Gasteiger partial charge in [0, 0.05) is 49.7 Å². The fourth-order valence-corrected chi connectivity index (χ4v) is 3.33. The number of aliphatic hydroxyl groups is 1.